The molecule has 0 aromatic heterocycles. The van der Waals surface area contributed by atoms with Gasteiger partial charge in [-0.25, -0.2) is 4.39 Å². The molecule has 0 aliphatic carbocycles. The third-order valence-corrected chi connectivity index (χ3v) is 1.91. The molecule has 0 atom stereocenters. The molecule has 16 heavy (non-hydrogen) atoms. The van der Waals surface area contributed by atoms with E-state index in [1.54, 1.807) is 0 Å². The summed E-state index contributed by atoms with van der Waals surface area (Å²) in [6, 6.07) is 2.62. The van der Waals surface area contributed by atoms with E-state index in [0.717, 1.165) is 12.1 Å². The van der Waals surface area contributed by atoms with E-state index >= 15 is 0 Å². The Morgan fingerprint density at radius 1 is 1.25 bits per heavy atom. The molecule has 6 heteroatoms. The molecule has 0 fully saturated rings. The molecule has 1 rings (SSSR count). The second-order valence-electron chi connectivity index (χ2n) is 3.96. The molecule has 0 spiro atoms. The number of halogens is 4. The van der Waals surface area contributed by atoms with E-state index in [1.165, 1.54) is 0 Å². The maximum Gasteiger partial charge on any atom is 0.512 e. The van der Waals surface area contributed by atoms with Crippen LogP contribution in [-0.4, -0.2) is 13.6 Å². The first kappa shape index (κ1) is 12.9. The van der Waals surface area contributed by atoms with E-state index in [-0.39, 0.29) is 11.7 Å². The summed E-state index contributed by atoms with van der Waals surface area (Å²) in [4.78, 5) is 0. The number of hydrogen-bond acceptors (Lipinski definition) is 1. The van der Waals surface area contributed by atoms with Crippen LogP contribution in [0.4, 0.5) is 17.3 Å². The van der Waals surface area contributed by atoms with E-state index in [1.807, 2.05) is 13.8 Å². The predicted molar refractivity (Wildman–Crippen MR) is 55.4 cm³/mol. The van der Waals surface area contributed by atoms with Crippen molar-refractivity contribution in [2.45, 2.75) is 13.8 Å². The van der Waals surface area contributed by atoms with Gasteiger partial charge in [0, 0.05) is 6.07 Å². The smallest absolute Gasteiger partial charge is 0.493 e. The molecule has 1 aromatic rings. The highest BCUT2D eigenvalue weighted by molar-refractivity contribution is 6.73. The fraction of sp³-hybridized carbons (Fsp3) is 0.400. The molecule has 0 saturated carbocycles. The predicted octanol–water partition coefficient (Wildman–Crippen LogP) is 2.91. The minimum absolute atomic E-state index is 0.120. The van der Waals surface area contributed by atoms with Crippen molar-refractivity contribution in [3.63, 3.8) is 0 Å². The van der Waals surface area contributed by atoms with Gasteiger partial charge in [0.1, 0.15) is 5.75 Å². The van der Waals surface area contributed by atoms with Crippen LogP contribution in [0.2, 0.25) is 0 Å². The van der Waals surface area contributed by atoms with Gasteiger partial charge < -0.3 is 17.7 Å². The lowest BCUT2D eigenvalue weighted by molar-refractivity contribution is 0.270. The van der Waals surface area contributed by atoms with Gasteiger partial charge in [-0.15, -0.1) is 0 Å². The fourth-order valence-electron chi connectivity index (χ4n) is 1.13. The van der Waals surface area contributed by atoms with Crippen LogP contribution < -0.4 is 10.2 Å². The molecule has 1 nitrogen and oxygen atoms in total. The molecular formula is C10H12BF4O-. The summed E-state index contributed by atoms with van der Waals surface area (Å²) in [5, 5.41) is 0. The normalized spacial score (nSPS) is 11.9. The van der Waals surface area contributed by atoms with Crippen molar-refractivity contribution in [1.29, 1.82) is 0 Å². The monoisotopic (exact) mass is 235 g/mol. The lowest BCUT2D eigenvalue weighted by atomic mass is 9.80. The zero-order chi connectivity index (χ0) is 12.3. The largest absolute Gasteiger partial charge is 0.512 e. The van der Waals surface area contributed by atoms with Gasteiger partial charge in [0.2, 0.25) is 0 Å². The molecule has 0 heterocycles. The summed E-state index contributed by atoms with van der Waals surface area (Å²) in [5.74, 6) is -0.932. The molecule has 0 radical (unpaired) electrons. The maximum atomic E-state index is 13.1. The van der Waals surface area contributed by atoms with E-state index in [2.05, 4.69) is 0 Å². The summed E-state index contributed by atoms with van der Waals surface area (Å²) >= 11 is 0. The Kier molecular flexibility index (Phi) is 3.83. The summed E-state index contributed by atoms with van der Waals surface area (Å²) in [5.41, 5.74) is -1.21. The van der Waals surface area contributed by atoms with Crippen LogP contribution in [-0.2, 0) is 0 Å². The Morgan fingerprint density at radius 3 is 2.31 bits per heavy atom. The van der Waals surface area contributed by atoms with Crippen molar-refractivity contribution in [2.24, 2.45) is 5.92 Å². The fourth-order valence-corrected chi connectivity index (χ4v) is 1.13. The number of rotatable bonds is 4. The van der Waals surface area contributed by atoms with Crippen LogP contribution in [0, 0.1) is 11.7 Å². The van der Waals surface area contributed by atoms with Gasteiger partial charge in [-0.05, 0) is 12.0 Å². The van der Waals surface area contributed by atoms with Crippen molar-refractivity contribution in [3.05, 3.63) is 24.0 Å². The highest BCUT2D eigenvalue weighted by atomic mass is 19.4. The zero-order valence-electron chi connectivity index (χ0n) is 9.01. The van der Waals surface area contributed by atoms with Crippen LogP contribution in [0.25, 0.3) is 0 Å². The van der Waals surface area contributed by atoms with Crippen molar-refractivity contribution in [2.75, 3.05) is 6.61 Å². The number of hydrogen-bond donors (Lipinski definition) is 0. The second-order valence-corrected chi connectivity index (χ2v) is 3.96. The van der Waals surface area contributed by atoms with Gasteiger partial charge in [0.15, 0.2) is 0 Å². The van der Waals surface area contributed by atoms with E-state index < -0.39 is 18.3 Å². The van der Waals surface area contributed by atoms with E-state index in [4.69, 9.17) is 4.74 Å². The molecule has 1 aromatic carbocycles. The Morgan fingerprint density at radius 2 is 1.88 bits per heavy atom. The Labute approximate surface area is 91.5 Å². The summed E-state index contributed by atoms with van der Waals surface area (Å²) < 4.78 is 55.0. The molecule has 0 amide bonds. The van der Waals surface area contributed by atoms with Crippen molar-refractivity contribution >= 4 is 12.4 Å². The third-order valence-electron chi connectivity index (χ3n) is 1.91. The number of benzene rings is 1. The Balaban J connectivity index is 2.83. The van der Waals surface area contributed by atoms with Crippen LogP contribution in [0.15, 0.2) is 18.2 Å². The van der Waals surface area contributed by atoms with Gasteiger partial charge >= 0.3 is 6.98 Å². The van der Waals surface area contributed by atoms with Crippen LogP contribution >= 0.6 is 0 Å². The summed E-state index contributed by atoms with van der Waals surface area (Å²) in [6.45, 7) is -1.17. The standard InChI is InChI=1S/C10H12BF4O/c1-7(2)6-16-8-3-4-9(10(12)5-8)11(13,14)15/h3-5,7H,6H2,1-2H3/q-1. The maximum absolute atomic E-state index is 13.1. The lowest BCUT2D eigenvalue weighted by Crippen LogP contribution is -2.36. The minimum Gasteiger partial charge on any atom is -0.493 e. The minimum atomic E-state index is -5.30. The molecule has 90 valence electrons. The third kappa shape index (κ3) is 3.43. The molecular weight excluding hydrogens is 223 g/mol. The van der Waals surface area contributed by atoms with E-state index in [0.29, 0.717) is 12.7 Å². The van der Waals surface area contributed by atoms with Gasteiger partial charge in [-0.3, -0.25) is 0 Å². The average molecular weight is 235 g/mol. The summed E-state index contributed by atoms with van der Waals surface area (Å²) in [6.07, 6.45) is 0. The second kappa shape index (κ2) is 4.76. The molecule has 0 bridgehead atoms. The van der Waals surface area contributed by atoms with Gasteiger partial charge in [-0.2, -0.15) is 0 Å². The highest BCUT2D eigenvalue weighted by Crippen LogP contribution is 2.17. The summed E-state index contributed by atoms with van der Waals surface area (Å²) in [7, 11) is 0. The van der Waals surface area contributed by atoms with Crippen molar-refractivity contribution in [1.82, 2.24) is 0 Å². The average Bonchev–Trinajstić information content (AvgIpc) is 2.12. The van der Waals surface area contributed by atoms with E-state index in [9.17, 15) is 17.3 Å². The first-order chi connectivity index (χ1) is 7.30. The molecule has 0 aliphatic rings. The van der Waals surface area contributed by atoms with Crippen LogP contribution in [0.1, 0.15) is 13.8 Å². The highest BCUT2D eigenvalue weighted by Gasteiger charge is 2.28. The topological polar surface area (TPSA) is 9.23 Å². The molecule has 0 saturated heterocycles. The number of ether oxygens (including phenoxy) is 1. The first-order valence-electron chi connectivity index (χ1n) is 4.93. The Bertz CT molecular complexity index is 362. The molecule has 0 N–H and O–H groups in total. The van der Waals surface area contributed by atoms with Gasteiger partial charge in [0.25, 0.3) is 0 Å². The van der Waals surface area contributed by atoms with Crippen molar-refractivity contribution < 1.29 is 22.1 Å². The molecule has 0 unspecified atom stereocenters. The quantitative estimate of drug-likeness (QED) is 0.575. The first-order valence-corrected chi connectivity index (χ1v) is 4.93. The zero-order valence-corrected chi connectivity index (χ0v) is 9.01. The van der Waals surface area contributed by atoms with Crippen molar-refractivity contribution in [3.8, 4) is 5.75 Å². The Hall–Kier alpha value is -1.20. The SMILES string of the molecule is CC(C)COc1ccc([B-](F)(F)F)c(F)c1. The van der Waals surface area contributed by atoms with Gasteiger partial charge in [-0.1, -0.05) is 25.4 Å². The lowest BCUT2D eigenvalue weighted by Gasteiger charge is -2.16. The van der Waals surface area contributed by atoms with Crippen LogP contribution in [0.3, 0.4) is 0 Å². The van der Waals surface area contributed by atoms with Gasteiger partial charge in [0.05, 0.1) is 12.4 Å². The van der Waals surface area contributed by atoms with Crippen LogP contribution in [0.5, 0.6) is 5.75 Å². The molecule has 0 aliphatic heterocycles.